The summed E-state index contributed by atoms with van der Waals surface area (Å²) in [5.41, 5.74) is 1.89. The van der Waals surface area contributed by atoms with Gasteiger partial charge < -0.3 is 19.0 Å². The van der Waals surface area contributed by atoms with Crippen LogP contribution >= 0.6 is 0 Å². The number of aromatic nitrogens is 1. The highest BCUT2D eigenvalue weighted by molar-refractivity contribution is 6.14. The van der Waals surface area contributed by atoms with Gasteiger partial charge in [-0.1, -0.05) is 18.2 Å². The van der Waals surface area contributed by atoms with Crippen molar-refractivity contribution in [3.8, 4) is 0 Å². The van der Waals surface area contributed by atoms with E-state index >= 15 is 0 Å². The van der Waals surface area contributed by atoms with Crippen molar-refractivity contribution >= 4 is 34.9 Å². The smallest absolute Gasteiger partial charge is 0.373 e. The Bertz CT molecular complexity index is 1110. The first-order valence-electron chi connectivity index (χ1n) is 8.14. The average Bonchev–Trinajstić information content (AvgIpc) is 3.34. The molecule has 1 aliphatic heterocycles. The van der Waals surface area contributed by atoms with Crippen LogP contribution in [0.25, 0.3) is 17.0 Å². The molecule has 136 valence electrons. The van der Waals surface area contributed by atoms with Gasteiger partial charge in [-0.25, -0.2) is 9.59 Å². The Hall–Kier alpha value is -3.81. The number of ether oxygens (including phenoxy) is 1. The molecule has 0 unspecified atom stereocenters. The van der Waals surface area contributed by atoms with E-state index in [0.29, 0.717) is 12.3 Å². The van der Waals surface area contributed by atoms with Gasteiger partial charge in [0.25, 0.3) is 5.91 Å². The summed E-state index contributed by atoms with van der Waals surface area (Å²) in [5, 5.41) is 5.57. The van der Waals surface area contributed by atoms with Crippen molar-refractivity contribution in [1.82, 2.24) is 15.2 Å². The minimum atomic E-state index is -0.541. The number of para-hydroxylation sites is 1. The van der Waals surface area contributed by atoms with Crippen LogP contribution in [0.4, 0.5) is 4.79 Å². The Morgan fingerprint density at radius 3 is 2.74 bits per heavy atom. The summed E-state index contributed by atoms with van der Waals surface area (Å²) in [4.78, 5) is 34.6. The van der Waals surface area contributed by atoms with E-state index in [9.17, 15) is 14.4 Å². The molecule has 0 atom stereocenters. The van der Waals surface area contributed by atoms with Gasteiger partial charge >= 0.3 is 12.0 Å². The van der Waals surface area contributed by atoms with Crippen LogP contribution in [0.15, 0.2) is 52.7 Å². The highest BCUT2D eigenvalue weighted by atomic mass is 16.5. The van der Waals surface area contributed by atoms with Crippen LogP contribution < -0.4 is 10.6 Å². The molecule has 1 aromatic carbocycles. The van der Waals surface area contributed by atoms with Gasteiger partial charge in [0.15, 0.2) is 0 Å². The Kier molecular flexibility index (Phi) is 4.00. The molecule has 1 fully saturated rings. The number of esters is 1. The van der Waals surface area contributed by atoms with Gasteiger partial charge in [-0.05, 0) is 24.3 Å². The Labute approximate surface area is 153 Å². The van der Waals surface area contributed by atoms with Crippen LogP contribution in [0.2, 0.25) is 0 Å². The number of benzene rings is 1. The fourth-order valence-corrected chi connectivity index (χ4v) is 3.00. The summed E-state index contributed by atoms with van der Waals surface area (Å²) in [7, 11) is 1.29. The fraction of sp³-hybridized carbons (Fsp3) is 0.105. The lowest BCUT2D eigenvalue weighted by Gasteiger charge is -2.02. The SMILES string of the molecule is COC(=O)c1ccc(Cn2cc(/C=C3/NC(=O)NC3=O)c3ccccc32)o1. The third-order valence-corrected chi connectivity index (χ3v) is 4.21. The molecule has 8 heteroatoms. The van der Waals surface area contributed by atoms with Gasteiger partial charge in [0.05, 0.1) is 13.7 Å². The van der Waals surface area contributed by atoms with Crippen LogP contribution in [-0.4, -0.2) is 29.6 Å². The summed E-state index contributed by atoms with van der Waals surface area (Å²) < 4.78 is 12.1. The quantitative estimate of drug-likeness (QED) is 0.419. The molecule has 27 heavy (non-hydrogen) atoms. The second-order valence-corrected chi connectivity index (χ2v) is 5.95. The number of nitrogens with one attached hydrogen (secondary N) is 2. The molecule has 4 rings (SSSR count). The minimum Gasteiger partial charge on any atom is -0.463 e. The summed E-state index contributed by atoms with van der Waals surface area (Å²) >= 11 is 0. The number of methoxy groups -OCH3 is 1. The van der Waals surface area contributed by atoms with Gasteiger partial charge in [0, 0.05) is 22.7 Å². The molecule has 3 amide bonds. The van der Waals surface area contributed by atoms with E-state index in [-0.39, 0.29) is 11.5 Å². The van der Waals surface area contributed by atoms with Crippen LogP contribution in [0.1, 0.15) is 21.9 Å². The fourth-order valence-electron chi connectivity index (χ4n) is 3.00. The zero-order chi connectivity index (χ0) is 19.0. The molecule has 2 aromatic heterocycles. The van der Waals surface area contributed by atoms with E-state index in [1.807, 2.05) is 35.0 Å². The molecule has 0 spiro atoms. The molecular formula is C19H15N3O5. The largest absolute Gasteiger partial charge is 0.463 e. The number of hydrogen-bond acceptors (Lipinski definition) is 5. The van der Waals surface area contributed by atoms with E-state index < -0.39 is 17.9 Å². The Balaban J connectivity index is 1.71. The predicted molar refractivity (Wildman–Crippen MR) is 95.7 cm³/mol. The number of carbonyl (C=O) groups excluding carboxylic acids is 3. The average molecular weight is 365 g/mol. The Morgan fingerprint density at radius 2 is 2.00 bits per heavy atom. The molecular weight excluding hydrogens is 350 g/mol. The standard InChI is InChI=1S/C19H15N3O5/c1-26-18(24)16-7-6-12(27-16)10-22-9-11(13-4-2-3-5-15(13)22)8-14-17(23)21-19(25)20-14/h2-9H,10H2,1H3,(H2,20,21,23,25)/b14-8+. The first kappa shape index (κ1) is 16.6. The van der Waals surface area contributed by atoms with Gasteiger partial charge in [-0.3, -0.25) is 10.1 Å². The van der Waals surface area contributed by atoms with Crippen molar-refractivity contribution in [2.75, 3.05) is 7.11 Å². The lowest BCUT2D eigenvalue weighted by Crippen LogP contribution is -2.22. The topological polar surface area (TPSA) is 103 Å². The lowest BCUT2D eigenvalue weighted by atomic mass is 10.1. The molecule has 0 aliphatic carbocycles. The highest BCUT2D eigenvalue weighted by Crippen LogP contribution is 2.25. The Morgan fingerprint density at radius 1 is 1.19 bits per heavy atom. The molecule has 1 saturated heterocycles. The maximum Gasteiger partial charge on any atom is 0.373 e. The summed E-state index contributed by atoms with van der Waals surface area (Å²) in [6, 6.07) is 10.4. The van der Waals surface area contributed by atoms with Crippen molar-refractivity contribution in [3.05, 3.63) is 65.4 Å². The predicted octanol–water partition coefficient (Wildman–Crippen LogP) is 2.25. The number of carbonyl (C=O) groups is 3. The van der Waals surface area contributed by atoms with E-state index in [1.54, 1.807) is 18.2 Å². The number of amides is 3. The van der Waals surface area contributed by atoms with Crippen molar-refractivity contribution < 1.29 is 23.5 Å². The lowest BCUT2D eigenvalue weighted by molar-refractivity contribution is -0.115. The third kappa shape index (κ3) is 3.08. The third-order valence-electron chi connectivity index (χ3n) is 4.21. The van der Waals surface area contributed by atoms with E-state index in [4.69, 9.17) is 4.42 Å². The zero-order valence-corrected chi connectivity index (χ0v) is 14.3. The molecule has 8 nitrogen and oxygen atoms in total. The highest BCUT2D eigenvalue weighted by Gasteiger charge is 2.23. The van der Waals surface area contributed by atoms with Gasteiger partial charge in [-0.15, -0.1) is 0 Å². The molecule has 0 bridgehead atoms. The number of imide groups is 1. The number of urea groups is 1. The van der Waals surface area contributed by atoms with Crippen molar-refractivity contribution in [2.24, 2.45) is 0 Å². The van der Waals surface area contributed by atoms with Crippen molar-refractivity contribution in [3.63, 3.8) is 0 Å². The van der Waals surface area contributed by atoms with Crippen molar-refractivity contribution in [1.29, 1.82) is 0 Å². The van der Waals surface area contributed by atoms with Crippen LogP contribution in [0.5, 0.6) is 0 Å². The normalized spacial score (nSPS) is 15.2. The molecule has 3 heterocycles. The number of furan rings is 1. The molecule has 2 N–H and O–H groups in total. The summed E-state index contributed by atoms with van der Waals surface area (Å²) in [6.45, 7) is 0.388. The summed E-state index contributed by atoms with van der Waals surface area (Å²) in [5.74, 6) is -0.281. The van der Waals surface area contributed by atoms with E-state index in [2.05, 4.69) is 15.4 Å². The molecule has 0 radical (unpaired) electrons. The minimum absolute atomic E-state index is 0.136. The van der Waals surface area contributed by atoms with E-state index in [0.717, 1.165) is 16.5 Å². The monoisotopic (exact) mass is 365 g/mol. The summed E-state index contributed by atoms with van der Waals surface area (Å²) in [6.07, 6.45) is 3.48. The number of rotatable bonds is 4. The number of fused-ring (bicyclic) bond motifs is 1. The van der Waals surface area contributed by atoms with Gasteiger partial charge in [0.1, 0.15) is 11.5 Å². The van der Waals surface area contributed by atoms with E-state index in [1.165, 1.54) is 7.11 Å². The van der Waals surface area contributed by atoms with Crippen LogP contribution in [0.3, 0.4) is 0 Å². The van der Waals surface area contributed by atoms with Crippen LogP contribution in [0, 0.1) is 0 Å². The second kappa shape index (κ2) is 6.49. The van der Waals surface area contributed by atoms with Gasteiger partial charge in [0.2, 0.25) is 5.76 Å². The first-order chi connectivity index (χ1) is 13.0. The number of hydrogen-bond donors (Lipinski definition) is 2. The van der Waals surface area contributed by atoms with Crippen molar-refractivity contribution in [2.45, 2.75) is 6.54 Å². The molecule has 0 saturated carbocycles. The first-order valence-corrected chi connectivity index (χ1v) is 8.14. The number of nitrogens with zero attached hydrogens (tertiary/aromatic N) is 1. The second-order valence-electron chi connectivity index (χ2n) is 5.95. The maximum absolute atomic E-state index is 11.8. The van der Waals surface area contributed by atoms with Gasteiger partial charge in [-0.2, -0.15) is 0 Å². The molecule has 1 aliphatic rings. The maximum atomic E-state index is 11.8. The zero-order valence-electron chi connectivity index (χ0n) is 14.3. The van der Waals surface area contributed by atoms with Crippen LogP contribution in [-0.2, 0) is 16.1 Å². The molecule has 3 aromatic rings.